The average molecular weight is 381 g/mol. The van der Waals surface area contributed by atoms with Gasteiger partial charge in [0, 0.05) is 13.0 Å². The lowest BCUT2D eigenvalue weighted by molar-refractivity contribution is -0.154. The number of carbonyl (C=O) groups is 2. The minimum Gasteiger partial charge on any atom is -0.483 e. The molecule has 0 spiro atoms. The molecule has 1 heterocycles. The first-order chi connectivity index (χ1) is 13.4. The summed E-state index contributed by atoms with van der Waals surface area (Å²) >= 11 is 0. The lowest BCUT2D eigenvalue weighted by Crippen LogP contribution is -2.50. The van der Waals surface area contributed by atoms with Gasteiger partial charge in [0.25, 0.3) is 5.91 Å². The number of benzene rings is 2. The summed E-state index contributed by atoms with van der Waals surface area (Å²) < 4.78 is 10.8. The molecule has 5 nitrogen and oxygen atoms in total. The Bertz CT molecular complexity index is 875. The Morgan fingerprint density at radius 2 is 1.86 bits per heavy atom. The van der Waals surface area contributed by atoms with E-state index in [2.05, 4.69) is 13.8 Å². The molecule has 0 saturated heterocycles. The Balaban J connectivity index is 1.79. The fourth-order valence-corrected chi connectivity index (χ4v) is 3.60. The molecule has 0 radical (unpaired) electrons. The van der Waals surface area contributed by atoms with Crippen molar-refractivity contribution in [1.29, 1.82) is 0 Å². The average Bonchev–Trinajstić information content (AvgIpc) is 2.70. The second kappa shape index (κ2) is 8.46. The normalized spacial score (nSPS) is 15.9. The van der Waals surface area contributed by atoms with Gasteiger partial charge >= 0.3 is 5.97 Å². The second-order valence-electron chi connectivity index (χ2n) is 7.52. The molecule has 148 valence electrons. The summed E-state index contributed by atoms with van der Waals surface area (Å²) in [7, 11) is 1.35. The van der Waals surface area contributed by atoms with Crippen molar-refractivity contribution < 1.29 is 19.1 Å². The van der Waals surface area contributed by atoms with E-state index in [0.717, 1.165) is 28.0 Å². The van der Waals surface area contributed by atoms with E-state index in [9.17, 15) is 9.59 Å². The summed E-state index contributed by atoms with van der Waals surface area (Å²) in [6, 6.07) is 13.3. The zero-order valence-electron chi connectivity index (χ0n) is 16.9. The van der Waals surface area contributed by atoms with Gasteiger partial charge in [0.15, 0.2) is 6.61 Å². The van der Waals surface area contributed by atoms with Gasteiger partial charge in [-0.15, -0.1) is 0 Å². The van der Waals surface area contributed by atoms with Gasteiger partial charge in [0.05, 0.1) is 7.11 Å². The zero-order chi connectivity index (χ0) is 20.3. The molecule has 0 aliphatic carbocycles. The van der Waals surface area contributed by atoms with E-state index in [1.807, 2.05) is 49.4 Å². The van der Waals surface area contributed by atoms with Crippen LogP contribution in [0.15, 0.2) is 42.5 Å². The summed E-state index contributed by atoms with van der Waals surface area (Å²) in [6.07, 6.45) is 0.455. The van der Waals surface area contributed by atoms with Crippen molar-refractivity contribution in [3.05, 3.63) is 64.7 Å². The van der Waals surface area contributed by atoms with Crippen LogP contribution in [0, 0.1) is 6.92 Å². The van der Waals surface area contributed by atoms with Gasteiger partial charge in [-0.25, -0.2) is 4.79 Å². The quantitative estimate of drug-likeness (QED) is 0.743. The molecule has 0 aromatic heterocycles. The monoisotopic (exact) mass is 381 g/mol. The van der Waals surface area contributed by atoms with Gasteiger partial charge < -0.3 is 14.4 Å². The van der Waals surface area contributed by atoms with Gasteiger partial charge in [-0.05, 0) is 41.2 Å². The van der Waals surface area contributed by atoms with Crippen molar-refractivity contribution in [3.63, 3.8) is 0 Å². The van der Waals surface area contributed by atoms with E-state index in [-0.39, 0.29) is 18.4 Å². The molecule has 1 amide bonds. The molecule has 28 heavy (non-hydrogen) atoms. The highest BCUT2D eigenvalue weighted by Gasteiger charge is 2.35. The van der Waals surface area contributed by atoms with Crippen LogP contribution in [0.2, 0.25) is 0 Å². The predicted molar refractivity (Wildman–Crippen MR) is 107 cm³/mol. The molecular weight excluding hydrogens is 354 g/mol. The summed E-state index contributed by atoms with van der Waals surface area (Å²) in [5.41, 5.74) is 4.26. The zero-order valence-corrected chi connectivity index (χ0v) is 16.9. The fraction of sp³-hybridized carbons (Fsp3) is 0.391. The molecule has 1 aliphatic rings. The van der Waals surface area contributed by atoms with Crippen LogP contribution in [0.4, 0.5) is 0 Å². The molecule has 5 heteroatoms. The third-order valence-corrected chi connectivity index (χ3v) is 5.18. The summed E-state index contributed by atoms with van der Waals surface area (Å²) in [5, 5.41) is 0. The smallest absolute Gasteiger partial charge is 0.328 e. The summed E-state index contributed by atoms with van der Waals surface area (Å²) in [5.74, 6) is 0.383. The molecule has 1 unspecified atom stereocenters. The minimum absolute atomic E-state index is 0.112. The standard InChI is InChI=1S/C23H27NO4/c1-15(2)19-10-9-16(3)11-21(19)28-14-22(25)24-13-18-8-6-5-7-17(18)12-20(24)23(26)27-4/h5-11,15,20H,12-14H2,1-4H3. The van der Waals surface area contributed by atoms with E-state index in [1.54, 1.807) is 4.90 Å². The molecule has 0 saturated carbocycles. The molecule has 0 N–H and O–H groups in total. The molecular formula is C23H27NO4. The number of esters is 1. The fourth-order valence-electron chi connectivity index (χ4n) is 3.60. The predicted octanol–water partition coefficient (Wildman–Crippen LogP) is 3.62. The minimum atomic E-state index is -0.627. The van der Waals surface area contributed by atoms with Gasteiger partial charge in [-0.2, -0.15) is 0 Å². The highest BCUT2D eigenvalue weighted by molar-refractivity contribution is 5.86. The highest BCUT2D eigenvalue weighted by Crippen LogP contribution is 2.28. The van der Waals surface area contributed by atoms with Gasteiger partial charge in [-0.3, -0.25) is 4.79 Å². The van der Waals surface area contributed by atoms with Crippen molar-refractivity contribution in [2.45, 2.75) is 45.7 Å². The number of ether oxygens (including phenoxy) is 2. The summed E-state index contributed by atoms with van der Waals surface area (Å²) in [6.45, 7) is 6.44. The van der Waals surface area contributed by atoms with Gasteiger partial charge in [-0.1, -0.05) is 50.2 Å². The Hall–Kier alpha value is -2.82. The first-order valence-electron chi connectivity index (χ1n) is 9.58. The lowest BCUT2D eigenvalue weighted by atomic mass is 9.94. The molecule has 0 fully saturated rings. The Morgan fingerprint density at radius 1 is 1.14 bits per heavy atom. The van der Waals surface area contributed by atoms with Crippen LogP contribution >= 0.6 is 0 Å². The number of fused-ring (bicyclic) bond motifs is 1. The molecule has 2 aromatic carbocycles. The van der Waals surface area contributed by atoms with E-state index < -0.39 is 12.0 Å². The van der Waals surface area contributed by atoms with Crippen LogP contribution in [0.1, 0.15) is 42.0 Å². The SMILES string of the molecule is COC(=O)C1Cc2ccccc2CN1C(=O)COc1cc(C)ccc1C(C)C. The van der Waals surface area contributed by atoms with E-state index in [4.69, 9.17) is 9.47 Å². The number of hydrogen-bond acceptors (Lipinski definition) is 4. The van der Waals surface area contributed by atoms with Gasteiger partial charge in [0.1, 0.15) is 11.8 Å². The first-order valence-corrected chi connectivity index (χ1v) is 9.58. The molecule has 0 bridgehead atoms. The van der Waals surface area contributed by atoms with Gasteiger partial charge in [0.2, 0.25) is 0 Å². The number of methoxy groups -OCH3 is 1. The molecule has 1 aliphatic heterocycles. The number of amides is 1. The van der Waals surface area contributed by atoms with Crippen molar-refractivity contribution in [2.75, 3.05) is 13.7 Å². The third-order valence-electron chi connectivity index (χ3n) is 5.18. The molecule has 1 atom stereocenters. The van der Waals surface area contributed by atoms with Crippen LogP contribution in [-0.4, -0.2) is 36.5 Å². The van der Waals surface area contributed by atoms with Crippen molar-refractivity contribution >= 4 is 11.9 Å². The lowest BCUT2D eigenvalue weighted by Gasteiger charge is -2.35. The van der Waals surface area contributed by atoms with Crippen molar-refractivity contribution in [2.24, 2.45) is 0 Å². The second-order valence-corrected chi connectivity index (χ2v) is 7.52. The maximum absolute atomic E-state index is 13.0. The number of rotatable bonds is 5. The van der Waals surface area contributed by atoms with Crippen molar-refractivity contribution in [3.8, 4) is 5.75 Å². The Kier molecular flexibility index (Phi) is 6.02. The maximum Gasteiger partial charge on any atom is 0.328 e. The topological polar surface area (TPSA) is 55.8 Å². The van der Waals surface area contributed by atoms with E-state index >= 15 is 0 Å². The van der Waals surface area contributed by atoms with Crippen LogP contribution in [-0.2, 0) is 27.3 Å². The number of nitrogens with zero attached hydrogens (tertiary/aromatic N) is 1. The van der Waals surface area contributed by atoms with Crippen LogP contribution in [0.25, 0.3) is 0 Å². The van der Waals surface area contributed by atoms with Crippen LogP contribution in [0.3, 0.4) is 0 Å². The third kappa shape index (κ3) is 4.19. The number of aryl methyl sites for hydroxylation is 1. The number of hydrogen-bond donors (Lipinski definition) is 0. The maximum atomic E-state index is 13.0. The largest absolute Gasteiger partial charge is 0.483 e. The Morgan fingerprint density at radius 3 is 2.54 bits per heavy atom. The van der Waals surface area contributed by atoms with E-state index in [1.165, 1.54) is 7.11 Å². The molecule has 2 aromatic rings. The van der Waals surface area contributed by atoms with Crippen molar-refractivity contribution in [1.82, 2.24) is 4.90 Å². The highest BCUT2D eigenvalue weighted by atomic mass is 16.5. The van der Waals surface area contributed by atoms with E-state index in [0.29, 0.717) is 13.0 Å². The first kappa shape index (κ1) is 19.9. The van der Waals surface area contributed by atoms with Crippen LogP contribution in [0.5, 0.6) is 5.75 Å². The molecule has 3 rings (SSSR count). The number of carbonyl (C=O) groups excluding carboxylic acids is 2. The Labute approximate surface area is 166 Å². The van der Waals surface area contributed by atoms with Crippen LogP contribution < -0.4 is 4.74 Å². The summed E-state index contributed by atoms with van der Waals surface area (Å²) in [4.78, 5) is 26.8.